The van der Waals surface area contributed by atoms with Crippen molar-refractivity contribution in [3.8, 4) is 0 Å². The topological polar surface area (TPSA) is 75.0 Å². The number of furan rings is 1. The van der Waals surface area contributed by atoms with E-state index in [-0.39, 0.29) is 19.0 Å². The fourth-order valence-electron chi connectivity index (χ4n) is 3.35. The van der Waals surface area contributed by atoms with Crippen LogP contribution in [0.5, 0.6) is 0 Å². The normalized spacial score (nSPS) is 10.7. The molecule has 0 fully saturated rings. The smallest absolute Gasteiger partial charge is 0.322 e. The Bertz CT molecular complexity index is 1040. The third-order valence-corrected chi connectivity index (χ3v) is 5.71. The summed E-state index contributed by atoms with van der Waals surface area (Å²) in [6, 6.07) is 17.7. The molecular formula is C25H27Cl2N3O4. The molecule has 0 spiro atoms. The lowest BCUT2D eigenvalue weighted by atomic mass is 10.2. The highest BCUT2D eigenvalue weighted by molar-refractivity contribution is 6.39. The van der Waals surface area contributed by atoms with Gasteiger partial charge in [0.2, 0.25) is 5.91 Å². The van der Waals surface area contributed by atoms with Crippen LogP contribution >= 0.6 is 23.2 Å². The minimum absolute atomic E-state index is 0.134. The number of ether oxygens (including phenoxy) is 1. The van der Waals surface area contributed by atoms with E-state index in [1.165, 1.54) is 4.90 Å². The lowest BCUT2D eigenvalue weighted by Gasteiger charge is -2.28. The summed E-state index contributed by atoms with van der Waals surface area (Å²) in [5.74, 6) is 0.431. The standard InChI is InChI=1S/C25H27Cl2N3O4/c1-33-14-7-13-29(25(32)28-24-21(26)11-5-12-22(24)27)18-23(31)30(17-20-10-6-15-34-20)16-19-8-3-2-4-9-19/h2-6,8-12,15H,7,13-14,16-18H2,1H3,(H,28,32). The van der Waals surface area contributed by atoms with Crippen LogP contribution in [0.15, 0.2) is 71.3 Å². The molecule has 180 valence electrons. The maximum absolute atomic E-state index is 13.4. The van der Waals surface area contributed by atoms with Gasteiger partial charge in [-0.05, 0) is 36.2 Å². The number of urea groups is 1. The van der Waals surface area contributed by atoms with Crippen LogP contribution in [0.3, 0.4) is 0 Å². The fraction of sp³-hybridized carbons (Fsp3) is 0.280. The number of nitrogens with one attached hydrogen (secondary N) is 1. The van der Waals surface area contributed by atoms with Gasteiger partial charge in [-0.25, -0.2) is 4.79 Å². The van der Waals surface area contributed by atoms with Crippen LogP contribution in [0.2, 0.25) is 10.0 Å². The van der Waals surface area contributed by atoms with Crippen molar-refractivity contribution in [1.82, 2.24) is 9.80 Å². The van der Waals surface area contributed by atoms with Crippen molar-refractivity contribution in [2.24, 2.45) is 0 Å². The molecule has 0 atom stereocenters. The third-order valence-electron chi connectivity index (χ3n) is 5.08. The Hall–Kier alpha value is -3.00. The van der Waals surface area contributed by atoms with Crippen LogP contribution in [0.1, 0.15) is 17.7 Å². The second kappa shape index (κ2) is 13.0. The molecule has 9 heteroatoms. The summed E-state index contributed by atoms with van der Waals surface area (Å²) in [5, 5.41) is 3.36. The number of amides is 3. The number of hydrogen-bond acceptors (Lipinski definition) is 4. The molecule has 0 aliphatic carbocycles. The number of para-hydroxylation sites is 1. The number of methoxy groups -OCH3 is 1. The number of carbonyl (C=O) groups excluding carboxylic acids is 2. The fourth-order valence-corrected chi connectivity index (χ4v) is 3.84. The predicted molar refractivity (Wildman–Crippen MR) is 133 cm³/mol. The lowest BCUT2D eigenvalue weighted by Crippen LogP contribution is -2.44. The first-order valence-corrected chi connectivity index (χ1v) is 11.6. The molecule has 0 bridgehead atoms. The van der Waals surface area contributed by atoms with E-state index in [2.05, 4.69) is 5.32 Å². The summed E-state index contributed by atoms with van der Waals surface area (Å²) >= 11 is 12.4. The van der Waals surface area contributed by atoms with Gasteiger partial charge >= 0.3 is 6.03 Å². The van der Waals surface area contributed by atoms with E-state index in [0.29, 0.717) is 47.6 Å². The van der Waals surface area contributed by atoms with Crippen LogP contribution in [0.25, 0.3) is 0 Å². The highest BCUT2D eigenvalue weighted by atomic mass is 35.5. The van der Waals surface area contributed by atoms with Crippen molar-refractivity contribution in [3.05, 3.63) is 88.3 Å². The second-order valence-corrected chi connectivity index (χ2v) is 8.42. The quantitative estimate of drug-likeness (QED) is 0.341. The number of anilines is 1. The van der Waals surface area contributed by atoms with E-state index >= 15 is 0 Å². The van der Waals surface area contributed by atoms with E-state index in [4.69, 9.17) is 32.4 Å². The lowest BCUT2D eigenvalue weighted by molar-refractivity contribution is -0.133. The van der Waals surface area contributed by atoms with E-state index in [9.17, 15) is 9.59 Å². The number of benzene rings is 2. The molecule has 34 heavy (non-hydrogen) atoms. The Kier molecular flexibility index (Phi) is 9.82. The van der Waals surface area contributed by atoms with E-state index in [1.54, 1.807) is 42.5 Å². The Balaban J connectivity index is 1.77. The zero-order chi connectivity index (χ0) is 24.3. The van der Waals surface area contributed by atoms with Gasteiger partial charge in [-0.2, -0.15) is 0 Å². The average Bonchev–Trinajstić information content (AvgIpc) is 3.34. The molecular weight excluding hydrogens is 477 g/mol. The van der Waals surface area contributed by atoms with E-state index < -0.39 is 6.03 Å². The van der Waals surface area contributed by atoms with E-state index in [1.807, 2.05) is 36.4 Å². The molecule has 3 amide bonds. The minimum atomic E-state index is -0.475. The van der Waals surface area contributed by atoms with Crippen LogP contribution in [-0.4, -0.2) is 48.5 Å². The molecule has 2 aromatic carbocycles. The highest BCUT2D eigenvalue weighted by Gasteiger charge is 2.23. The van der Waals surface area contributed by atoms with Crippen molar-refractivity contribution in [2.75, 3.05) is 32.1 Å². The molecule has 3 aromatic rings. The van der Waals surface area contributed by atoms with Crippen LogP contribution in [0, 0.1) is 0 Å². The Morgan fingerprint density at radius 1 is 0.941 bits per heavy atom. The van der Waals surface area contributed by atoms with Crippen molar-refractivity contribution in [3.63, 3.8) is 0 Å². The van der Waals surface area contributed by atoms with Gasteiger partial charge in [0.15, 0.2) is 0 Å². The summed E-state index contributed by atoms with van der Waals surface area (Å²) < 4.78 is 10.6. The number of hydrogen-bond donors (Lipinski definition) is 1. The maximum atomic E-state index is 13.4. The van der Waals surface area contributed by atoms with Crippen LogP contribution in [0.4, 0.5) is 10.5 Å². The van der Waals surface area contributed by atoms with Gasteiger partial charge in [0, 0.05) is 26.8 Å². The first kappa shape index (κ1) is 25.6. The zero-order valence-corrected chi connectivity index (χ0v) is 20.4. The molecule has 0 radical (unpaired) electrons. The van der Waals surface area contributed by atoms with Crippen molar-refractivity contribution in [1.29, 1.82) is 0 Å². The molecule has 1 aromatic heterocycles. The second-order valence-electron chi connectivity index (χ2n) is 7.61. The number of rotatable bonds is 11. The first-order valence-electron chi connectivity index (χ1n) is 10.8. The SMILES string of the molecule is COCCCN(CC(=O)N(Cc1ccccc1)Cc1ccco1)C(=O)Nc1c(Cl)cccc1Cl. The van der Waals surface area contributed by atoms with Gasteiger partial charge in [-0.3, -0.25) is 4.79 Å². The largest absolute Gasteiger partial charge is 0.467 e. The minimum Gasteiger partial charge on any atom is -0.467 e. The number of nitrogens with zero attached hydrogens (tertiary/aromatic N) is 2. The van der Waals surface area contributed by atoms with Gasteiger partial charge in [-0.1, -0.05) is 59.6 Å². The maximum Gasteiger partial charge on any atom is 0.322 e. The number of carbonyl (C=O) groups is 2. The summed E-state index contributed by atoms with van der Waals surface area (Å²) in [6.07, 6.45) is 2.13. The van der Waals surface area contributed by atoms with Crippen molar-refractivity contribution < 1.29 is 18.7 Å². The van der Waals surface area contributed by atoms with Crippen molar-refractivity contribution >= 4 is 40.8 Å². The third kappa shape index (κ3) is 7.52. The van der Waals surface area contributed by atoms with Gasteiger partial charge in [-0.15, -0.1) is 0 Å². The van der Waals surface area contributed by atoms with Crippen LogP contribution < -0.4 is 5.32 Å². The van der Waals surface area contributed by atoms with Gasteiger partial charge in [0.05, 0.1) is 28.5 Å². The average molecular weight is 504 g/mol. The summed E-state index contributed by atoms with van der Waals surface area (Å²) in [4.78, 5) is 29.6. The Labute approximate surface area is 209 Å². The molecule has 3 rings (SSSR count). The molecule has 0 aliphatic rings. The molecule has 7 nitrogen and oxygen atoms in total. The predicted octanol–water partition coefficient (Wildman–Crippen LogP) is 5.69. The Morgan fingerprint density at radius 3 is 2.32 bits per heavy atom. The van der Waals surface area contributed by atoms with Crippen molar-refractivity contribution in [2.45, 2.75) is 19.5 Å². The molecule has 0 saturated carbocycles. The van der Waals surface area contributed by atoms with Gasteiger partial charge < -0.3 is 24.3 Å². The van der Waals surface area contributed by atoms with Gasteiger partial charge in [0.1, 0.15) is 12.3 Å². The Morgan fingerprint density at radius 2 is 1.68 bits per heavy atom. The molecule has 1 N–H and O–H groups in total. The molecule has 1 heterocycles. The summed E-state index contributed by atoms with van der Waals surface area (Å²) in [6.45, 7) is 1.29. The van der Waals surface area contributed by atoms with Crippen LogP contribution in [-0.2, 0) is 22.6 Å². The molecule has 0 aliphatic heterocycles. The number of halogens is 2. The summed E-state index contributed by atoms with van der Waals surface area (Å²) in [5.41, 5.74) is 1.28. The van der Waals surface area contributed by atoms with Gasteiger partial charge in [0.25, 0.3) is 0 Å². The summed E-state index contributed by atoms with van der Waals surface area (Å²) in [7, 11) is 1.59. The monoisotopic (exact) mass is 503 g/mol. The highest BCUT2D eigenvalue weighted by Crippen LogP contribution is 2.30. The van der Waals surface area contributed by atoms with E-state index in [0.717, 1.165) is 5.56 Å². The zero-order valence-electron chi connectivity index (χ0n) is 18.9. The molecule has 0 saturated heterocycles. The molecule has 0 unspecified atom stereocenters. The first-order chi connectivity index (χ1) is 16.5.